The van der Waals surface area contributed by atoms with Crippen LogP contribution in [-0.2, 0) is 19.1 Å². The van der Waals surface area contributed by atoms with Crippen LogP contribution in [0.25, 0.3) is 0 Å². The van der Waals surface area contributed by atoms with Crippen molar-refractivity contribution in [1.29, 1.82) is 0 Å². The van der Waals surface area contributed by atoms with E-state index in [4.69, 9.17) is 0 Å². The van der Waals surface area contributed by atoms with Crippen LogP contribution in [0.5, 0.6) is 0 Å². The number of guanidine groups is 1. The van der Waals surface area contributed by atoms with E-state index < -0.39 is 11.9 Å². The maximum Gasteiger partial charge on any atom is 0.434 e. The topological polar surface area (TPSA) is 69.6 Å². The van der Waals surface area contributed by atoms with Gasteiger partial charge in [0.2, 0.25) is 0 Å². The molecule has 0 unspecified atom stereocenters. The fraction of sp³-hybridized carbons (Fsp3) is 0.421. The van der Waals surface area contributed by atoms with E-state index in [2.05, 4.69) is 20.6 Å². The van der Waals surface area contributed by atoms with Crippen molar-refractivity contribution < 1.29 is 18.0 Å². The van der Waals surface area contributed by atoms with E-state index in [1.807, 2.05) is 25.1 Å². The maximum atomic E-state index is 12.6. The second-order valence-corrected chi connectivity index (χ2v) is 7.34. The first-order valence-corrected chi connectivity index (χ1v) is 9.93. The predicted molar refractivity (Wildman–Crippen MR) is 124 cm³/mol. The van der Waals surface area contributed by atoms with Crippen LogP contribution >= 0.6 is 35.3 Å². The number of thiazole rings is 1. The van der Waals surface area contributed by atoms with Crippen LogP contribution in [0.2, 0.25) is 0 Å². The zero-order valence-corrected chi connectivity index (χ0v) is 20.1. The molecular formula is C19H25F3IN5OS. The average molecular weight is 555 g/mol. The third-order valence-corrected chi connectivity index (χ3v) is 4.68. The molecule has 0 fully saturated rings. The second-order valence-electron chi connectivity index (χ2n) is 6.40. The maximum absolute atomic E-state index is 12.6. The summed E-state index contributed by atoms with van der Waals surface area (Å²) in [6.07, 6.45) is -3.78. The van der Waals surface area contributed by atoms with Gasteiger partial charge in [-0.25, -0.2) is 9.98 Å². The van der Waals surface area contributed by atoms with Crippen molar-refractivity contribution >= 4 is 47.2 Å². The Kier molecular flexibility index (Phi) is 10.5. The third-order valence-electron chi connectivity index (χ3n) is 3.85. The Morgan fingerprint density at radius 3 is 2.60 bits per heavy atom. The molecule has 1 aromatic heterocycles. The number of aromatic nitrogens is 1. The molecule has 0 saturated heterocycles. The van der Waals surface area contributed by atoms with Crippen molar-refractivity contribution in [2.75, 3.05) is 27.2 Å². The number of hydrogen-bond donors (Lipinski definition) is 2. The molecule has 0 bridgehead atoms. The molecule has 2 rings (SSSR count). The second kappa shape index (κ2) is 12.1. The highest BCUT2D eigenvalue weighted by atomic mass is 127. The number of hydrogen-bond acceptors (Lipinski definition) is 4. The molecule has 1 aromatic carbocycles. The number of benzene rings is 1. The lowest BCUT2D eigenvalue weighted by Crippen LogP contribution is -2.38. The molecule has 0 atom stereocenters. The minimum Gasteiger partial charge on any atom is -0.357 e. The summed E-state index contributed by atoms with van der Waals surface area (Å²) < 4.78 is 37.9. The van der Waals surface area contributed by atoms with Crippen molar-refractivity contribution in [2.45, 2.75) is 26.1 Å². The molecule has 0 spiro atoms. The van der Waals surface area contributed by atoms with Gasteiger partial charge in [0.05, 0.1) is 6.54 Å². The smallest absolute Gasteiger partial charge is 0.357 e. The average Bonchev–Trinajstić information content (AvgIpc) is 3.15. The fourth-order valence-electron chi connectivity index (χ4n) is 2.45. The molecule has 0 aliphatic heterocycles. The van der Waals surface area contributed by atoms with Crippen LogP contribution in [-0.4, -0.2) is 48.9 Å². The highest BCUT2D eigenvalue weighted by Crippen LogP contribution is 2.30. The molecule has 0 aliphatic rings. The fourth-order valence-corrected chi connectivity index (χ4v) is 3.17. The number of rotatable bonds is 7. The van der Waals surface area contributed by atoms with Gasteiger partial charge in [-0.2, -0.15) is 13.2 Å². The quantitative estimate of drug-likeness (QED) is 0.310. The van der Waals surface area contributed by atoms with Gasteiger partial charge in [-0.1, -0.05) is 12.1 Å². The van der Waals surface area contributed by atoms with Crippen LogP contribution in [0.4, 0.5) is 13.2 Å². The number of aliphatic imine (C=N–C) groups is 1. The molecule has 1 heterocycles. The van der Waals surface area contributed by atoms with Crippen molar-refractivity contribution in [3.05, 3.63) is 51.5 Å². The largest absolute Gasteiger partial charge is 0.434 e. The normalized spacial score (nSPS) is 11.6. The third kappa shape index (κ3) is 8.09. The molecule has 0 saturated carbocycles. The Balaban J connectivity index is 0.00000450. The van der Waals surface area contributed by atoms with E-state index in [1.54, 1.807) is 20.2 Å². The Hall–Kier alpha value is -1.89. The molecule has 2 aromatic rings. The van der Waals surface area contributed by atoms with Crippen LogP contribution in [0.15, 0.2) is 34.6 Å². The number of amides is 1. The van der Waals surface area contributed by atoms with Gasteiger partial charge in [-0.15, -0.1) is 35.3 Å². The summed E-state index contributed by atoms with van der Waals surface area (Å²) in [4.78, 5) is 21.4. The molecule has 2 N–H and O–H groups in total. The van der Waals surface area contributed by atoms with Gasteiger partial charge >= 0.3 is 6.18 Å². The van der Waals surface area contributed by atoms with Crippen molar-refractivity contribution in [3.63, 3.8) is 0 Å². The molecule has 11 heteroatoms. The van der Waals surface area contributed by atoms with Crippen molar-refractivity contribution in [2.24, 2.45) is 4.99 Å². The first kappa shape index (κ1) is 26.1. The number of nitrogens with zero attached hydrogens (tertiary/aromatic N) is 3. The summed E-state index contributed by atoms with van der Waals surface area (Å²) >= 11 is 0.934. The lowest BCUT2D eigenvalue weighted by Gasteiger charge is -2.13. The van der Waals surface area contributed by atoms with Crippen molar-refractivity contribution in [1.82, 2.24) is 20.5 Å². The van der Waals surface area contributed by atoms with E-state index >= 15 is 0 Å². The lowest BCUT2D eigenvalue weighted by atomic mass is 10.1. The molecule has 1 amide bonds. The number of halogens is 4. The number of carbonyl (C=O) groups excluding carboxylic acids is 1. The highest BCUT2D eigenvalue weighted by molar-refractivity contribution is 14.0. The summed E-state index contributed by atoms with van der Waals surface area (Å²) in [7, 11) is 3.41. The van der Waals surface area contributed by atoms with Crippen LogP contribution < -0.4 is 10.6 Å². The van der Waals surface area contributed by atoms with Gasteiger partial charge in [0.15, 0.2) is 11.7 Å². The number of carbonyl (C=O) groups is 1. The molecule has 0 aliphatic carbocycles. The highest BCUT2D eigenvalue weighted by Gasteiger charge is 2.33. The molecule has 166 valence electrons. The van der Waals surface area contributed by atoms with Crippen LogP contribution in [0.1, 0.15) is 33.5 Å². The summed E-state index contributed by atoms with van der Waals surface area (Å²) in [5.74, 6) is 0.438. The van der Waals surface area contributed by atoms with Gasteiger partial charge in [0.25, 0.3) is 5.91 Å². The van der Waals surface area contributed by atoms with E-state index in [0.717, 1.165) is 22.3 Å². The van der Waals surface area contributed by atoms with E-state index in [9.17, 15) is 18.0 Å². The zero-order chi connectivity index (χ0) is 21.4. The zero-order valence-electron chi connectivity index (χ0n) is 16.9. The van der Waals surface area contributed by atoms with Crippen molar-refractivity contribution in [3.8, 4) is 0 Å². The van der Waals surface area contributed by atoms with Gasteiger partial charge in [-0.05, 0) is 31.0 Å². The summed E-state index contributed by atoms with van der Waals surface area (Å²) in [6.45, 7) is 3.13. The Bertz CT molecular complexity index is 855. The van der Waals surface area contributed by atoms with Gasteiger partial charge < -0.3 is 15.5 Å². The Morgan fingerprint density at radius 2 is 2.00 bits per heavy atom. The Morgan fingerprint density at radius 1 is 1.27 bits per heavy atom. The first-order chi connectivity index (χ1) is 13.7. The summed E-state index contributed by atoms with van der Waals surface area (Å²) in [5.41, 5.74) is 0.728. The summed E-state index contributed by atoms with van der Waals surface area (Å²) in [6, 6.07) is 7.40. The number of nitrogens with one attached hydrogen (secondary N) is 2. The van der Waals surface area contributed by atoms with E-state index in [0.29, 0.717) is 36.0 Å². The molecule has 0 radical (unpaired) electrons. The first-order valence-electron chi connectivity index (χ1n) is 9.05. The van der Waals surface area contributed by atoms with Gasteiger partial charge in [-0.3, -0.25) is 4.79 Å². The molecular weight excluding hydrogens is 530 g/mol. The minimum absolute atomic E-state index is 0. The standard InChI is InChI=1S/C19H24F3N5OS.HI/c1-4-23-18(25-11-16-26-15(12-29-16)19(20,21)22)24-9-8-13-6-5-7-14(10-13)17(28)27(2)3;/h5-7,10,12H,4,8-9,11H2,1-3H3,(H2,23,24,25);1H. The van der Waals surface area contributed by atoms with Crippen LogP contribution in [0.3, 0.4) is 0 Å². The predicted octanol–water partition coefficient (Wildman–Crippen LogP) is 3.78. The SMILES string of the molecule is CCNC(=NCc1nc(C(F)(F)F)cs1)NCCc1cccc(C(=O)N(C)C)c1.I. The van der Waals surface area contributed by atoms with Gasteiger partial charge in [0.1, 0.15) is 5.01 Å². The van der Waals surface area contributed by atoms with E-state index in [-0.39, 0.29) is 36.4 Å². The molecule has 6 nitrogen and oxygen atoms in total. The minimum atomic E-state index is -4.44. The summed E-state index contributed by atoms with van der Waals surface area (Å²) in [5, 5.41) is 7.49. The van der Waals surface area contributed by atoms with E-state index in [1.165, 1.54) is 4.90 Å². The monoisotopic (exact) mass is 555 g/mol. The lowest BCUT2D eigenvalue weighted by molar-refractivity contribution is -0.140. The Labute approximate surface area is 195 Å². The number of alkyl halides is 3. The molecule has 30 heavy (non-hydrogen) atoms. The van der Waals surface area contributed by atoms with Crippen LogP contribution in [0, 0.1) is 0 Å². The van der Waals surface area contributed by atoms with Gasteiger partial charge in [0, 0.05) is 38.1 Å².